The Morgan fingerprint density at radius 1 is 0.369 bits per heavy atom. The Labute approximate surface area is 625 Å². The van der Waals surface area contributed by atoms with Gasteiger partial charge >= 0.3 is 53.4 Å². The van der Waals surface area contributed by atoms with E-state index in [9.17, 15) is 71.1 Å². The molecule has 24 nitrogen and oxygen atoms in total. The molecule has 0 radical (unpaired) electrons. The number of anilines is 2. The van der Waals surface area contributed by atoms with Crippen LogP contribution in [0, 0.1) is 0 Å². The zero-order valence-corrected chi connectivity index (χ0v) is 64.5. The Hall–Kier alpha value is -7.74. The van der Waals surface area contributed by atoms with Gasteiger partial charge in [0, 0.05) is 121 Å². The Morgan fingerprint density at radius 3 is 0.942 bits per heavy atom. The van der Waals surface area contributed by atoms with Crippen LogP contribution in [0.1, 0.15) is 155 Å². The second-order valence-corrected chi connectivity index (χ2v) is 32.9. The van der Waals surface area contributed by atoms with Crippen molar-refractivity contribution in [3.8, 4) is 0 Å². The monoisotopic (exact) mass is 1510 g/mol. The van der Waals surface area contributed by atoms with Gasteiger partial charge in [-0.15, -0.1) is 0 Å². The van der Waals surface area contributed by atoms with Crippen LogP contribution >= 0.6 is 0 Å². The molecule has 0 atom stereocenters. The summed E-state index contributed by atoms with van der Waals surface area (Å²) in [6.07, 6.45) is 30.6. The molecule has 0 amide bonds. The summed E-state index contributed by atoms with van der Waals surface area (Å²) in [6.45, 7) is 17.7. The van der Waals surface area contributed by atoms with E-state index < -0.39 is 86.0 Å². The molecule has 0 saturated carbocycles. The normalized spacial score (nSPS) is 17.5. The van der Waals surface area contributed by atoms with Crippen molar-refractivity contribution in [1.82, 2.24) is 0 Å². The quantitative estimate of drug-likeness (QED) is 0.00740. The molecule has 0 fully saturated rings. The number of benzene rings is 4. The van der Waals surface area contributed by atoms with Gasteiger partial charge in [0.1, 0.15) is 13.1 Å². The van der Waals surface area contributed by atoms with Crippen molar-refractivity contribution in [2.75, 3.05) is 36.0 Å². The predicted octanol–water partition coefficient (Wildman–Crippen LogP) is 9.84. The third-order valence-electron chi connectivity index (χ3n) is 18.6. The average molecular weight is 1510 g/mol. The fraction of sp³-hybridized carbons (Fsp3) is 0.378. The van der Waals surface area contributed by atoms with Crippen LogP contribution in [0.25, 0.3) is 0 Å². The van der Waals surface area contributed by atoms with E-state index in [-0.39, 0.29) is 74.8 Å². The number of allylic oxidation sites excluding steroid dienone is 16. The Morgan fingerprint density at radius 2 is 0.641 bits per heavy atom. The topological polar surface area (TPSA) is 379 Å². The molecule has 0 bridgehead atoms. The molecule has 8 N–H and O–H groups in total. The molecule has 8 rings (SSSR count). The first-order chi connectivity index (χ1) is 47.5. The Kier molecular flexibility index (Phi) is 28.2. The number of nitrogens with zero attached hydrogens (tertiary/aromatic N) is 4. The van der Waals surface area contributed by atoms with Crippen molar-refractivity contribution in [2.24, 2.45) is 0 Å². The number of unbranched alkanes of at least 4 members (excludes halogenated alkanes) is 4. The fourth-order valence-corrected chi connectivity index (χ4v) is 15.4. The van der Waals surface area contributed by atoms with E-state index in [2.05, 4.69) is 0 Å². The predicted molar refractivity (Wildman–Crippen MR) is 388 cm³/mol. The van der Waals surface area contributed by atoms with Gasteiger partial charge in [0.15, 0.2) is 11.4 Å². The summed E-state index contributed by atoms with van der Waals surface area (Å²) in [4.78, 5) is 47.5. The maximum Gasteiger partial charge on any atom is 1.00 e. The van der Waals surface area contributed by atoms with Crippen LogP contribution in [0.15, 0.2) is 189 Å². The van der Waals surface area contributed by atoms with Gasteiger partial charge in [0.05, 0.1) is 30.4 Å². The van der Waals surface area contributed by atoms with Crippen molar-refractivity contribution in [3.05, 3.63) is 192 Å². The third kappa shape index (κ3) is 20.8. The van der Waals surface area contributed by atoms with Gasteiger partial charge in [-0.05, 0) is 150 Å². The number of hydrogen-bond acceptors (Lipinski definition) is 14. The van der Waals surface area contributed by atoms with E-state index in [1.165, 1.54) is 48.5 Å². The number of carbonyl (C=O) groups is 4. The van der Waals surface area contributed by atoms with Gasteiger partial charge in [0.2, 0.25) is 11.4 Å². The van der Waals surface area contributed by atoms with E-state index in [1.807, 2.05) is 159 Å². The van der Waals surface area contributed by atoms with E-state index in [0.717, 1.165) is 67.8 Å². The molecule has 0 saturated heterocycles. The van der Waals surface area contributed by atoms with Crippen LogP contribution in [0.2, 0.25) is 0 Å². The summed E-state index contributed by atoms with van der Waals surface area (Å²) in [5, 5.41) is 36.3. The minimum Gasteiger partial charge on any atom is -0.481 e. The van der Waals surface area contributed by atoms with Crippen molar-refractivity contribution in [2.45, 2.75) is 174 Å². The minimum absolute atomic E-state index is 0. The first-order valence-corrected chi connectivity index (χ1v) is 38.9. The third-order valence-corrected chi connectivity index (χ3v) is 22.0. The summed E-state index contributed by atoms with van der Waals surface area (Å²) in [7, 11) is -17.7. The molecule has 4 aliphatic rings. The molecule has 0 aromatic heterocycles. The summed E-state index contributed by atoms with van der Waals surface area (Å²) in [5.41, 5.74) is 7.06. The first kappa shape index (κ1) is 84.2. The zero-order valence-electron chi connectivity index (χ0n) is 59.2. The molecule has 548 valence electrons. The summed E-state index contributed by atoms with van der Waals surface area (Å²) in [6, 6.07) is 18.0. The first-order valence-electron chi connectivity index (χ1n) is 33.2. The number of fused-ring (bicyclic) bond motifs is 4. The molecule has 4 aliphatic heterocycles. The zero-order chi connectivity index (χ0) is 75.6. The molecule has 0 unspecified atom stereocenters. The molecule has 4 heterocycles. The second kappa shape index (κ2) is 34.5. The summed E-state index contributed by atoms with van der Waals surface area (Å²) < 4.78 is 138. The average Bonchev–Trinajstić information content (AvgIpc) is 1.62. The van der Waals surface area contributed by atoms with Crippen LogP contribution in [-0.4, -0.2) is 143 Å². The van der Waals surface area contributed by atoms with Gasteiger partial charge in [-0.1, -0.05) is 88.5 Å². The van der Waals surface area contributed by atoms with Crippen molar-refractivity contribution >= 4 is 98.5 Å². The number of aliphatic carboxylic acids is 4. The molecular formula is C74H90N4NaO20S4+3. The molecule has 103 heavy (non-hydrogen) atoms. The fourth-order valence-electron chi connectivity index (χ4n) is 13.4. The standard InChI is InChI=1S/2C37H44N2O10S2.Na/c2*1-36(2)28-24-26(50(44,45)46)18-20-30(28)38(22-12-10-16-34(40)41)32(36)14-8-6-5-7-9-15-33-37(3,4)29-25-27(51(47,48)49)19-21-31(29)39(33)23-13-11-17-35(42)43;/h2*5-9,14-15,18-21,24-25H,10-13,16-17,22-23H2,1-4H3,(H3-,40,41,42,43,44,45,46,47,48,49);/q;;+1/p+2. The smallest absolute Gasteiger partial charge is 0.481 e. The molecular weight excluding hydrogens is 1420 g/mol. The SMILES string of the molecule is CC1(C)C(/C=C/C=C/C=C/C=C2/N(CCCCC(=O)O)c3ccc(S(=O)(=O)O)cc3C2(C)C)=[N+](CCCCC(=O)O)c2ccc(S(=O)(=O)O)cc21.CC1(C)C(/C=C/C=C/C=C/C=C2/N(CCCCC(=O)O)c3ccc(S(=O)(=O)O)cc3C2(C)C)=[N+](CCCCC(=O)O)c2ccc(S(=O)(=O)O)cc21.[Na+]. The van der Waals surface area contributed by atoms with Gasteiger partial charge in [-0.2, -0.15) is 42.8 Å². The maximum atomic E-state index is 11.9. The van der Waals surface area contributed by atoms with Crippen LogP contribution in [-0.2, 0) is 81.3 Å². The van der Waals surface area contributed by atoms with E-state index >= 15 is 0 Å². The van der Waals surface area contributed by atoms with Gasteiger partial charge in [-0.25, -0.2) is 0 Å². The number of carboxylic acids is 4. The molecule has 4 aromatic carbocycles. The van der Waals surface area contributed by atoms with Crippen LogP contribution in [0.3, 0.4) is 0 Å². The largest absolute Gasteiger partial charge is 1.00 e. The van der Waals surface area contributed by atoms with Gasteiger partial charge in [0.25, 0.3) is 40.5 Å². The van der Waals surface area contributed by atoms with E-state index in [4.69, 9.17) is 20.4 Å². The van der Waals surface area contributed by atoms with Crippen molar-refractivity contribution < 1.29 is 130 Å². The van der Waals surface area contributed by atoms with Gasteiger partial charge in [-0.3, -0.25) is 37.4 Å². The molecule has 4 aromatic rings. The summed E-state index contributed by atoms with van der Waals surface area (Å²) >= 11 is 0. The molecule has 0 aliphatic carbocycles. The number of hydrogen-bond donors (Lipinski definition) is 8. The number of carboxylic acid groups (broad SMARTS) is 4. The minimum atomic E-state index is -4.41. The molecule has 0 spiro atoms. The number of rotatable bonds is 32. The Bertz CT molecular complexity index is 4450. The van der Waals surface area contributed by atoms with Crippen LogP contribution < -0.4 is 39.4 Å². The van der Waals surface area contributed by atoms with E-state index in [0.29, 0.717) is 77.5 Å². The maximum absolute atomic E-state index is 11.9. The summed E-state index contributed by atoms with van der Waals surface area (Å²) in [5.74, 6) is -3.49. The second-order valence-electron chi connectivity index (χ2n) is 27.3. The van der Waals surface area contributed by atoms with Crippen molar-refractivity contribution in [3.63, 3.8) is 0 Å². The van der Waals surface area contributed by atoms with Crippen molar-refractivity contribution in [1.29, 1.82) is 0 Å². The van der Waals surface area contributed by atoms with Gasteiger partial charge < -0.3 is 30.2 Å². The molecule has 29 heteroatoms. The van der Waals surface area contributed by atoms with E-state index in [1.54, 1.807) is 24.3 Å². The van der Waals surface area contributed by atoms with Crippen LogP contribution in [0.5, 0.6) is 0 Å². The Balaban J connectivity index is 0.000000320. The van der Waals surface area contributed by atoms with Crippen LogP contribution in [0.4, 0.5) is 22.7 Å².